The van der Waals surface area contributed by atoms with E-state index < -0.39 is 4.92 Å². The smallest absolute Gasteiger partial charge is 0.312 e. The van der Waals surface area contributed by atoms with Gasteiger partial charge in [-0.2, -0.15) is 5.26 Å². The Morgan fingerprint density at radius 1 is 1.38 bits per heavy atom. The molecule has 2 rings (SSSR count). The van der Waals surface area contributed by atoms with Crippen molar-refractivity contribution in [2.45, 2.75) is 6.54 Å². The molecule has 2 aromatic rings. The van der Waals surface area contributed by atoms with E-state index in [4.69, 9.17) is 27.3 Å². The Morgan fingerprint density at radius 2 is 2.14 bits per heavy atom. The van der Waals surface area contributed by atoms with Crippen LogP contribution in [0.2, 0.25) is 5.02 Å². The summed E-state index contributed by atoms with van der Waals surface area (Å²) < 4.78 is 5.56. The molecule has 0 heterocycles. The molecule has 7 heteroatoms. The highest BCUT2D eigenvalue weighted by Gasteiger charge is 2.19. The number of halogens is 1. The molecule has 21 heavy (non-hydrogen) atoms. The van der Waals surface area contributed by atoms with Crippen molar-refractivity contribution in [1.82, 2.24) is 0 Å². The van der Waals surface area contributed by atoms with Gasteiger partial charge in [-0.15, -0.1) is 0 Å². The number of nitrogens with two attached hydrogens (primary N) is 1. The number of hydrogen-bond donors (Lipinski definition) is 1. The summed E-state index contributed by atoms with van der Waals surface area (Å²) in [7, 11) is 0. The van der Waals surface area contributed by atoms with Gasteiger partial charge in [-0.3, -0.25) is 10.1 Å². The van der Waals surface area contributed by atoms with Gasteiger partial charge in [-0.1, -0.05) is 23.7 Å². The first-order valence-corrected chi connectivity index (χ1v) is 6.28. The molecule has 0 saturated carbocycles. The molecule has 0 spiro atoms. The third-order valence-corrected chi connectivity index (χ3v) is 3.06. The minimum atomic E-state index is -0.616. The molecule has 0 amide bonds. The van der Waals surface area contributed by atoms with E-state index in [0.717, 1.165) is 6.07 Å². The second-order valence-electron chi connectivity index (χ2n) is 4.09. The van der Waals surface area contributed by atoms with Crippen LogP contribution in [0.15, 0.2) is 36.4 Å². The molecule has 0 unspecified atom stereocenters. The molecule has 0 aliphatic carbocycles. The monoisotopic (exact) mass is 303 g/mol. The third kappa shape index (κ3) is 3.11. The Bertz CT molecular complexity index is 741. The third-order valence-electron chi connectivity index (χ3n) is 2.77. The molecule has 106 valence electrons. The zero-order valence-corrected chi connectivity index (χ0v) is 11.5. The fourth-order valence-electron chi connectivity index (χ4n) is 1.75. The van der Waals surface area contributed by atoms with Crippen LogP contribution in [-0.4, -0.2) is 4.92 Å². The molecule has 0 bridgehead atoms. The molecule has 0 radical (unpaired) electrons. The highest BCUT2D eigenvalue weighted by Crippen LogP contribution is 2.37. The summed E-state index contributed by atoms with van der Waals surface area (Å²) in [6.07, 6.45) is 0. The normalized spacial score (nSPS) is 9.95. The first kappa shape index (κ1) is 14.8. The van der Waals surface area contributed by atoms with Gasteiger partial charge < -0.3 is 10.5 Å². The van der Waals surface area contributed by atoms with Gasteiger partial charge in [0.25, 0.3) is 0 Å². The van der Waals surface area contributed by atoms with Crippen molar-refractivity contribution >= 4 is 17.3 Å². The number of para-hydroxylation sites is 1. The zero-order valence-electron chi connectivity index (χ0n) is 10.7. The van der Waals surface area contributed by atoms with Crippen LogP contribution in [-0.2, 0) is 6.54 Å². The Morgan fingerprint density at radius 3 is 2.76 bits per heavy atom. The Labute approximate surface area is 125 Å². The highest BCUT2D eigenvalue weighted by atomic mass is 35.5. The number of ether oxygens (including phenoxy) is 1. The average molecular weight is 304 g/mol. The predicted octanol–water partition coefficient (Wildman–Crippen LogP) is 3.37. The van der Waals surface area contributed by atoms with Crippen LogP contribution in [0.4, 0.5) is 5.69 Å². The van der Waals surface area contributed by atoms with Crippen molar-refractivity contribution in [3.63, 3.8) is 0 Å². The number of benzene rings is 2. The maximum atomic E-state index is 11.1. The van der Waals surface area contributed by atoms with Gasteiger partial charge in [0.05, 0.1) is 21.6 Å². The maximum absolute atomic E-state index is 11.1. The van der Waals surface area contributed by atoms with E-state index in [1.54, 1.807) is 18.2 Å². The number of nitro groups is 1. The summed E-state index contributed by atoms with van der Waals surface area (Å²) >= 11 is 6.05. The topological polar surface area (TPSA) is 102 Å². The lowest BCUT2D eigenvalue weighted by atomic mass is 10.2. The largest absolute Gasteiger partial charge is 0.448 e. The Balaban J connectivity index is 2.50. The highest BCUT2D eigenvalue weighted by molar-refractivity contribution is 6.32. The van der Waals surface area contributed by atoms with Crippen LogP contribution >= 0.6 is 11.6 Å². The van der Waals surface area contributed by atoms with Crippen molar-refractivity contribution in [1.29, 1.82) is 5.26 Å². The van der Waals surface area contributed by atoms with Crippen LogP contribution in [0.3, 0.4) is 0 Å². The van der Waals surface area contributed by atoms with Crippen molar-refractivity contribution in [3.05, 3.63) is 62.7 Å². The second kappa shape index (κ2) is 6.22. The number of hydrogen-bond acceptors (Lipinski definition) is 5. The second-order valence-corrected chi connectivity index (χ2v) is 4.49. The lowest BCUT2D eigenvalue weighted by Gasteiger charge is -2.11. The van der Waals surface area contributed by atoms with Crippen LogP contribution in [0, 0.1) is 21.4 Å². The molecule has 0 aromatic heterocycles. The lowest BCUT2D eigenvalue weighted by Crippen LogP contribution is -2.01. The van der Waals surface area contributed by atoms with Gasteiger partial charge in [-0.05, 0) is 18.2 Å². The van der Waals surface area contributed by atoms with E-state index in [-0.39, 0.29) is 29.3 Å². The van der Waals surface area contributed by atoms with Gasteiger partial charge in [0.1, 0.15) is 0 Å². The number of nitro benzene ring substituents is 1. The van der Waals surface area contributed by atoms with E-state index in [2.05, 4.69) is 0 Å². The molecule has 0 aliphatic heterocycles. The summed E-state index contributed by atoms with van der Waals surface area (Å²) in [5, 5.41) is 20.2. The summed E-state index contributed by atoms with van der Waals surface area (Å²) in [5.41, 5.74) is 6.09. The van der Waals surface area contributed by atoms with Gasteiger partial charge >= 0.3 is 5.69 Å². The number of nitrogens with zero attached hydrogens (tertiary/aromatic N) is 2. The fraction of sp³-hybridized carbons (Fsp3) is 0.0714. The minimum absolute atomic E-state index is 0.00167. The van der Waals surface area contributed by atoms with Crippen LogP contribution < -0.4 is 10.5 Å². The first-order valence-electron chi connectivity index (χ1n) is 5.90. The minimum Gasteiger partial charge on any atom is -0.448 e. The summed E-state index contributed by atoms with van der Waals surface area (Å²) in [6, 6.07) is 10.8. The van der Waals surface area contributed by atoms with Gasteiger partial charge in [0.2, 0.25) is 5.75 Å². The molecule has 0 saturated heterocycles. The molecule has 0 atom stereocenters. The number of nitriles is 1. The molecular weight excluding hydrogens is 294 g/mol. The predicted molar refractivity (Wildman–Crippen MR) is 77.2 cm³/mol. The van der Waals surface area contributed by atoms with Crippen molar-refractivity contribution in [2.75, 3.05) is 0 Å². The molecule has 2 N–H and O–H groups in total. The average Bonchev–Trinajstić information content (AvgIpc) is 2.49. The van der Waals surface area contributed by atoms with Crippen molar-refractivity contribution in [2.24, 2.45) is 5.73 Å². The van der Waals surface area contributed by atoms with E-state index in [1.807, 2.05) is 6.07 Å². The zero-order chi connectivity index (χ0) is 15.4. The first-order chi connectivity index (χ1) is 10.1. The van der Waals surface area contributed by atoms with Gasteiger partial charge in [0, 0.05) is 18.2 Å². The molecule has 6 nitrogen and oxygen atoms in total. The molecule has 0 fully saturated rings. The SMILES string of the molecule is N#Cc1ccc(Oc2c(Cl)cccc2CN)c([N+](=O)[O-])c1. The van der Waals surface area contributed by atoms with E-state index in [0.29, 0.717) is 10.6 Å². The summed E-state index contributed by atoms with van der Waals surface area (Å²) in [4.78, 5) is 10.5. The molecule has 0 aliphatic rings. The van der Waals surface area contributed by atoms with Crippen LogP contribution in [0.5, 0.6) is 11.5 Å². The quantitative estimate of drug-likeness (QED) is 0.689. The lowest BCUT2D eigenvalue weighted by molar-refractivity contribution is -0.385. The van der Waals surface area contributed by atoms with Gasteiger partial charge in [-0.25, -0.2) is 0 Å². The van der Waals surface area contributed by atoms with Crippen LogP contribution in [0.25, 0.3) is 0 Å². The van der Waals surface area contributed by atoms with Gasteiger partial charge in [0.15, 0.2) is 5.75 Å². The maximum Gasteiger partial charge on any atom is 0.312 e. The van der Waals surface area contributed by atoms with Crippen molar-refractivity contribution < 1.29 is 9.66 Å². The van der Waals surface area contributed by atoms with Crippen LogP contribution in [0.1, 0.15) is 11.1 Å². The molecule has 2 aromatic carbocycles. The summed E-state index contributed by atoms with van der Waals surface area (Å²) in [6.45, 7) is 0.181. The van der Waals surface area contributed by atoms with E-state index in [9.17, 15) is 10.1 Å². The van der Waals surface area contributed by atoms with E-state index in [1.165, 1.54) is 12.1 Å². The summed E-state index contributed by atoms with van der Waals surface area (Å²) in [5.74, 6) is 0.274. The molecular formula is C14H10ClN3O3. The van der Waals surface area contributed by atoms with Crippen molar-refractivity contribution in [3.8, 4) is 17.6 Å². The number of rotatable bonds is 4. The Kier molecular flexibility index (Phi) is 4.38. The Hall–Kier alpha value is -2.62. The standard InChI is InChI=1S/C14H10ClN3O3/c15-11-3-1-2-10(8-17)14(11)21-13-5-4-9(7-16)6-12(13)18(19)20/h1-6H,8,17H2. The van der Waals surface area contributed by atoms with E-state index >= 15 is 0 Å². The fourth-order valence-corrected chi connectivity index (χ4v) is 1.99.